The van der Waals surface area contributed by atoms with Crippen molar-refractivity contribution in [2.45, 2.75) is 26.9 Å². The maximum absolute atomic E-state index is 9.24. The van der Waals surface area contributed by atoms with Crippen molar-refractivity contribution in [1.29, 1.82) is 0 Å². The molecular formula is C13H17N3O2. The minimum Gasteiger partial charge on any atom is -0.492 e. The molecule has 0 radical (unpaired) electrons. The van der Waals surface area contributed by atoms with Gasteiger partial charge in [-0.05, 0) is 25.5 Å². The van der Waals surface area contributed by atoms with E-state index in [2.05, 4.69) is 10.3 Å². The van der Waals surface area contributed by atoms with Gasteiger partial charge in [-0.3, -0.25) is 0 Å². The Balaban J connectivity index is 2.51. The van der Waals surface area contributed by atoms with Gasteiger partial charge < -0.3 is 9.84 Å². The molecule has 2 aromatic rings. The third-order valence-corrected chi connectivity index (χ3v) is 2.72. The maximum Gasteiger partial charge on any atom is 0.145 e. The summed E-state index contributed by atoms with van der Waals surface area (Å²) in [7, 11) is 0. The van der Waals surface area contributed by atoms with E-state index in [9.17, 15) is 5.11 Å². The van der Waals surface area contributed by atoms with E-state index in [1.54, 1.807) is 4.68 Å². The predicted molar refractivity (Wildman–Crippen MR) is 67.8 cm³/mol. The third kappa shape index (κ3) is 2.22. The second-order valence-electron chi connectivity index (χ2n) is 3.81. The largest absolute Gasteiger partial charge is 0.492 e. The molecule has 0 spiro atoms. The monoisotopic (exact) mass is 247 g/mol. The third-order valence-electron chi connectivity index (χ3n) is 2.72. The number of para-hydroxylation sites is 2. The molecule has 0 aliphatic heterocycles. The van der Waals surface area contributed by atoms with Crippen molar-refractivity contribution in [3.63, 3.8) is 0 Å². The van der Waals surface area contributed by atoms with Gasteiger partial charge in [-0.25, -0.2) is 4.68 Å². The lowest BCUT2D eigenvalue weighted by molar-refractivity contribution is 0.275. The summed E-state index contributed by atoms with van der Waals surface area (Å²) >= 11 is 0. The van der Waals surface area contributed by atoms with Gasteiger partial charge in [0.1, 0.15) is 17.1 Å². The van der Waals surface area contributed by atoms with Crippen LogP contribution in [-0.4, -0.2) is 26.7 Å². The highest BCUT2D eigenvalue weighted by atomic mass is 16.5. The Kier molecular flexibility index (Phi) is 3.94. The number of ether oxygens (including phenoxy) is 1. The Bertz CT molecular complexity index is 523. The van der Waals surface area contributed by atoms with Crippen molar-refractivity contribution in [3.8, 4) is 11.4 Å². The van der Waals surface area contributed by atoms with Crippen LogP contribution in [-0.2, 0) is 13.0 Å². The zero-order valence-corrected chi connectivity index (χ0v) is 10.6. The van der Waals surface area contributed by atoms with E-state index in [-0.39, 0.29) is 6.61 Å². The molecule has 96 valence electrons. The molecule has 0 saturated carbocycles. The summed E-state index contributed by atoms with van der Waals surface area (Å²) in [6.07, 6.45) is 0.753. The van der Waals surface area contributed by atoms with Gasteiger partial charge in [-0.15, -0.1) is 5.10 Å². The van der Waals surface area contributed by atoms with Gasteiger partial charge in [0.2, 0.25) is 0 Å². The number of aliphatic hydroxyl groups is 1. The van der Waals surface area contributed by atoms with Crippen molar-refractivity contribution in [1.82, 2.24) is 15.0 Å². The van der Waals surface area contributed by atoms with Gasteiger partial charge in [0.05, 0.1) is 18.9 Å². The zero-order valence-electron chi connectivity index (χ0n) is 10.6. The van der Waals surface area contributed by atoms with E-state index >= 15 is 0 Å². The number of hydrogen-bond donors (Lipinski definition) is 1. The summed E-state index contributed by atoms with van der Waals surface area (Å²) in [4.78, 5) is 0. The molecule has 0 saturated heterocycles. The Morgan fingerprint density at radius 2 is 2.06 bits per heavy atom. The first-order valence-electron chi connectivity index (χ1n) is 6.08. The van der Waals surface area contributed by atoms with Crippen LogP contribution in [0.2, 0.25) is 0 Å². The minimum absolute atomic E-state index is 0.0972. The van der Waals surface area contributed by atoms with Gasteiger partial charge in [0.15, 0.2) is 0 Å². The van der Waals surface area contributed by atoms with Crippen molar-refractivity contribution < 1.29 is 9.84 Å². The van der Waals surface area contributed by atoms with Gasteiger partial charge in [-0.2, -0.15) is 0 Å². The van der Waals surface area contributed by atoms with E-state index < -0.39 is 0 Å². The number of nitrogens with zero attached hydrogens (tertiary/aromatic N) is 3. The van der Waals surface area contributed by atoms with Crippen LogP contribution in [0, 0.1) is 0 Å². The fourth-order valence-corrected chi connectivity index (χ4v) is 1.91. The molecule has 0 unspecified atom stereocenters. The Morgan fingerprint density at radius 3 is 2.72 bits per heavy atom. The van der Waals surface area contributed by atoms with Gasteiger partial charge >= 0.3 is 0 Å². The summed E-state index contributed by atoms with van der Waals surface area (Å²) in [6.45, 7) is 4.45. The van der Waals surface area contributed by atoms with Gasteiger partial charge in [-0.1, -0.05) is 24.3 Å². The fraction of sp³-hybridized carbons (Fsp3) is 0.385. The van der Waals surface area contributed by atoms with Crippen LogP contribution in [0.3, 0.4) is 0 Å². The van der Waals surface area contributed by atoms with Crippen molar-refractivity contribution in [2.24, 2.45) is 0 Å². The molecule has 1 heterocycles. The smallest absolute Gasteiger partial charge is 0.145 e. The van der Waals surface area contributed by atoms with Crippen LogP contribution >= 0.6 is 0 Å². The van der Waals surface area contributed by atoms with Gasteiger partial charge in [0.25, 0.3) is 0 Å². The first-order chi connectivity index (χ1) is 8.81. The number of benzene rings is 1. The number of aliphatic hydroxyl groups excluding tert-OH is 1. The molecule has 1 aromatic carbocycles. The van der Waals surface area contributed by atoms with Crippen LogP contribution in [0.15, 0.2) is 24.3 Å². The summed E-state index contributed by atoms with van der Waals surface area (Å²) in [5.74, 6) is 0.768. The molecule has 18 heavy (non-hydrogen) atoms. The summed E-state index contributed by atoms with van der Waals surface area (Å²) in [5.41, 5.74) is 2.37. The zero-order chi connectivity index (χ0) is 13.0. The van der Waals surface area contributed by atoms with Crippen molar-refractivity contribution in [2.75, 3.05) is 6.61 Å². The molecule has 0 amide bonds. The number of rotatable bonds is 5. The van der Waals surface area contributed by atoms with E-state index in [0.29, 0.717) is 12.3 Å². The van der Waals surface area contributed by atoms with Crippen molar-refractivity contribution in [3.05, 3.63) is 35.7 Å². The highest BCUT2D eigenvalue weighted by Crippen LogP contribution is 2.24. The molecule has 2 rings (SSSR count). The van der Waals surface area contributed by atoms with Crippen LogP contribution in [0.4, 0.5) is 0 Å². The van der Waals surface area contributed by atoms with Crippen LogP contribution in [0.5, 0.6) is 5.75 Å². The highest BCUT2D eigenvalue weighted by molar-refractivity contribution is 5.47. The minimum atomic E-state index is -0.0972. The van der Waals surface area contributed by atoms with E-state index in [0.717, 1.165) is 23.6 Å². The maximum atomic E-state index is 9.24. The average Bonchev–Trinajstić information content (AvgIpc) is 2.82. The second-order valence-corrected chi connectivity index (χ2v) is 3.81. The standard InChI is InChI=1S/C13H17N3O2/c1-3-11-10(9-17)14-15-16(11)12-7-5-6-8-13(12)18-4-2/h5-8,17H,3-4,9H2,1-2H3. The SMILES string of the molecule is CCOc1ccccc1-n1nnc(CO)c1CC. The highest BCUT2D eigenvalue weighted by Gasteiger charge is 2.14. The first-order valence-corrected chi connectivity index (χ1v) is 6.08. The molecule has 5 nitrogen and oxygen atoms in total. The van der Waals surface area contributed by atoms with Crippen molar-refractivity contribution >= 4 is 0 Å². The van der Waals surface area contributed by atoms with E-state index in [4.69, 9.17) is 4.74 Å². The van der Waals surface area contributed by atoms with Crippen LogP contribution < -0.4 is 4.74 Å². The lowest BCUT2D eigenvalue weighted by Crippen LogP contribution is -2.05. The average molecular weight is 247 g/mol. The van der Waals surface area contributed by atoms with Crippen LogP contribution in [0.1, 0.15) is 25.2 Å². The molecule has 1 N–H and O–H groups in total. The van der Waals surface area contributed by atoms with Crippen LogP contribution in [0.25, 0.3) is 5.69 Å². The molecule has 1 aromatic heterocycles. The molecule has 0 aliphatic carbocycles. The Hall–Kier alpha value is -1.88. The second kappa shape index (κ2) is 5.64. The fourth-order valence-electron chi connectivity index (χ4n) is 1.91. The molecular weight excluding hydrogens is 230 g/mol. The number of aromatic nitrogens is 3. The molecule has 0 fully saturated rings. The molecule has 0 aliphatic rings. The summed E-state index contributed by atoms with van der Waals surface area (Å²) in [6, 6.07) is 7.68. The van der Waals surface area contributed by atoms with E-state index in [1.807, 2.05) is 38.1 Å². The quantitative estimate of drug-likeness (QED) is 0.874. The van der Waals surface area contributed by atoms with Gasteiger partial charge in [0, 0.05) is 0 Å². The van der Waals surface area contributed by atoms with E-state index in [1.165, 1.54) is 0 Å². The lowest BCUT2D eigenvalue weighted by atomic mass is 10.2. The topological polar surface area (TPSA) is 60.2 Å². The predicted octanol–water partition coefficient (Wildman–Crippen LogP) is 1.72. The summed E-state index contributed by atoms with van der Waals surface area (Å²) in [5, 5.41) is 17.3. The molecule has 0 atom stereocenters. The first kappa shape index (κ1) is 12.6. The Morgan fingerprint density at radius 1 is 1.28 bits per heavy atom. The Labute approximate surface area is 106 Å². The molecule has 5 heteroatoms. The summed E-state index contributed by atoms with van der Waals surface area (Å²) < 4.78 is 7.32. The lowest BCUT2D eigenvalue weighted by Gasteiger charge is -2.11. The normalized spacial score (nSPS) is 10.6. The molecule has 0 bridgehead atoms. The number of hydrogen-bond acceptors (Lipinski definition) is 4.